The van der Waals surface area contributed by atoms with Gasteiger partial charge in [0.1, 0.15) is 5.75 Å². The third-order valence-electron chi connectivity index (χ3n) is 2.36. The molecule has 0 spiro atoms. The van der Waals surface area contributed by atoms with E-state index in [2.05, 4.69) is 5.32 Å². The number of rotatable bonds is 6. The molecule has 17 heavy (non-hydrogen) atoms. The van der Waals surface area contributed by atoms with E-state index in [-0.39, 0.29) is 18.3 Å². The Morgan fingerprint density at radius 2 is 2.00 bits per heavy atom. The summed E-state index contributed by atoms with van der Waals surface area (Å²) in [7, 11) is 0. The quantitative estimate of drug-likeness (QED) is 0.514. The van der Waals surface area contributed by atoms with E-state index in [9.17, 15) is 4.79 Å². The summed E-state index contributed by atoms with van der Waals surface area (Å²) in [5.41, 5.74) is 6.63. The van der Waals surface area contributed by atoms with Crippen LogP contribution in [-0.4, -0.2) is 35.3 Å². The van der Waals surface area contributed by atoms with Crippen LogP contribution in [0.2, 0.25) is 0 Å². The molecular formula is C12H18N2O3. The Morgan fingerprint density at radius 3 is 2.59 bits per heavy atom. The van der Waals surface area contributed by atoms with E-state index in [1.54, 1.807) is 24.3 Å². The first-order chi connectivity index (χ1) is 8.13. The van der Waals surface area contributed by atoms with Crippen LogP contribution in [0.4, 0.5) is 0 Å². The van der Waals surface area contributed by atoms with E-state index >= 15 is 0 Å². The maximum Gasteiger partial charge on any atom is 0.237 e. The first-order valence-corrected chi connectivity index (χ1v) is 5.55. The molecule has 1 amide bonds. The minimum absolute atomic E-state index is 0.0491. The van der Waals surface area contributed by atoms with Gasteiger partial charge in [0.05, 0.1) is 6.04 Å². The molecule has 1 aromatic rings. The molecule has 0 radical (unpaired) electrons. The van der Waals surface area contributed by atoms with Crippen molar-refractivity contribution in [3.05, 3.63) is 29.8 Å². The van der Waals surface area contributed by atoms with Crippen molar-refractivity contribution in [3.8, 4) is 5.75 Å². The van der Waals surface area contributed by atoms with Gasteiger partial charge >= 0.3 is 0 Å². The zero-order valence-corrected chi connectivity index (χ0v) is 9.60. The monoisotopic (exact) mass is 238 g/mol. The highest BCUT2D eigenvalue weighted by atomic mass is 16.3. The number of hydrogen-bond donors (Lipinski definition) is 4. The molecule has 1 atom stereocenters. The van der Waals surface area contributed by atoms with Crippen LogP contribution in [0.1, 0.15) is 12.0 Å². The molecule has 1 rings (SSSR count). The third kappa shape index (κ3) is 4.84. The van der Waals surface area contributed by atoms with Crippen LogP contribution in [0.25, 0.3) is 0 Å². The summed E-state index contributed by atoms with van der Waals surface area (Å²) in [4.78, 5) is 11.5. The van der Waals surface area contributed by atoms with Gasteiger partial charge in [-0.05, 0) is 30.5 Å². The second-order valence-corrected chi connectivity index (χ2v) is 3.85. The Hall–Kier alpha value is -1.59. The number of phenols is 1. The average Bonchev–Trinajstić information content (AvgIpc) is 2.32. The number of phenolic OH excluding ortho intramolecular Hbond substituents is 1. The lowest BCUT2D eigenvalue weighted by atomic mass is 10.1. The molecule has 0 heterocycles. The highest BCUT2D eigenvalue weighted by molar-refractivity contribution is 5.81. The van der Waals surface area contributed by atoms with Gasteiger partial charge in [-0.2, -0.15) is 0 Å². The minimum Gasteiger partial charge on any atom is -0.508 e. The maximum atomic E-state index is 11.5. The van der Waals surface area contributed by atoms with E-state index in [4.69, 9.17) is 15.9 Å². The van der Waals surface area contributed by atoms with Crippen LogP contribution < -0.4 is 11.1 Å². The summed E-state index contributed by atoms with van der Waals surface area (Å²) < 4.78 is 0. The second-order valence-electron chi connectivity index (χ2n) is 3.85. The maximum absolute atomic E-state index is 11.5. The number of aliphatic hydroxyl groups is 1. The van der Waals surface area contributed by atoms with Crippen LogP contribution in [0.3, 0.4) is 0 Å². The van der Waals surface area contributed by atoms with Gasteiger partial charge in [0.2, 0.25) is 5.91 Å². The number of hydrogen-bond acceptors (Lipinski definition) is 4. The number of aromatic hydroxyl groups is 1. The van der Waals surface area contributed by atoms with Gasteiger partial charge in [-0.3, -0.25) is 4.79 Å². The molecule has 0 saturated carbocycles. The number of amides is 1. The highest BCUT2D eigenvalue weighted by Gasteiger charge is 2.13. The number of carbonyl (C=O) groups is 1. The molecular weight excluding hydrogens is 220 g/mol. The van der Waals surface area contributed by atoms with Gasteiger partial charge < -0.3 is 21.3 Å². The lowest BCUT2D eigenvalue weighted by Gasteiger charge is -2.12. The third-order valence-corrected chi connectivity index (χ3v) is 2.36. The summed E-state index contributed by atoms with van der Waals surface area (Å²) >= 11 is 0. The molecule has 94 valence electrons. The molecule has 0 saturated heterocycles. The Labute approximate surface area is 100 Å². The van der Waals surface area contributed by atoms with Crippen LogP contribution in [0, 0.1) is 0 Å². The number of nitrogens with one attached hydrogen (secondary N) is 1. The molecule has 0 unspecified atom stereocenters. The van der Waals surface area contributed by atoms with Gasteiger partial charge in [0, 0.05) is 13.2 Å². The molecule has 0 fully saturated rings. The zero-order valence-electron chi connectivity index (χ0n) is 9.60. The molecule has 1 aromatic carbocycles. The molecule has 0 aliphatic heterocycles. The highest BCUT2D eigenvalue weighted by Crippen LogP contribution is 2.10. The van der Waals surface area contributed by atoms with E-state index in [1.807, 2.05) is 0 Å². The van der Waals surface area contributed by atoms with Crippen molar-refractivity contribution < 1.29 is 15.0 Å². The predicted molar refractivity (Wildman–Crippen MR) is 64.5 cm³/mol. The Morgan fingerprint density at radius 1 is 1.35 bits per heavy atom. The van der Waals surface area contributed by atoms with Crippen molar-refractivity contribution in [2.45, 2.75) is 18.9 Å². The largest absolute Gasteiger partial charge is 0.508 e. The molecule has 0 aliphatic rings. The summed E-state index contributed by atoms with van der Waals surface area (Å²) in [6.07, 6.45) is 0.947. The SMILES string of the molecule is N[C@H](Cc1ccc(O)cc1)C(=O)NCCCO. The lowest BCUT2D eigenvalue weighted by Crippen LogP contribution is -2.42. The number of benzene rings is 1. The van der Waals surface area contributed by atoms with Crippen LogP contribution >= 0.6 is 0 Å². The lowest BCUT2D eigenvalue weighted by molar-refractivity contribution is -0.122. The first-order valence-electron chi connectivity index (χ1n) is 5.55. The van der Waals surface area contributed by atoms with Crippen molar-refractivity contribution in [1.29, 1.82) is 0 Å². The predicted octanol–water partition coefficient (Wildman–Crippen LogP) is -0.239. The first kappa shape index (κ1) is 13.5. The molecule has 5 nitrogen and oxygen atoms in total. The second kappa shape index (κ2) is 6.88. The van der Waals surface area contributed by atoms with Gasteiger partial charge in [-0.15, -0.1) is 0 Å². The van der Waals surface area contributed by atoms with Crippen molar-refractivity contribution in [2.75, 3.05) is 13.2 Å². The molecule has 5 heteroatoms. The molecule has 0 aliphatic carbocycles. The van der Waals surface area contributed by atoms with Crippen LogP contribution in [-0.2, 0) is 11.2 Å². The van der Waals surface area contributed by atoms with Gasteiger partial charge in [0.25, 0.3) is 0 Å². The summed E-state index contributed by atoms with van der Waals surface area (Å²) in [6.45, 7) is 0.478. The standard InChI is InChI=1S/C12H18N2O3/c13-11(12(17)14-6-1-7-15)8-9-2-4-10(16)5-3-9/h2-5,11,15-16H,1,6-8,13H2,(H,14,17)/t11-/m1/s1. The normalized spacial score (nSPS) is 12.1. The average molecular weight is 238 g/mol. The fourth-order valence-electron chi connectivity index (χ4n) is 1.40. The fraction of sp³-hybridized carbons (Fsp3) is 0.417. The van der Waals surface area contributed by atoms with E-state index in [1.165, 1.54) is 0 Å². The number of nitrogens with two attached hydrogens (primary N) is 1. The van der Waals surface area contributed by atoms with Crippen molar-refractivity contribution in [3.63, 3.8) is 0 Å². The van der Waals surface area contributed by atoms with Crippen LogP contribution in [0.15, 0.2) is 24.3 Å². The molecule has 5 N–H and O–H groups in total. The van der Waals surface area contributed by atoms with Crippen molar-refractivity contribution in [1.82, 2.24) is 5.32 Å². The van der Waals surface area contributed by atoms with Crippen molar-refractivity contribution in [2.24, 2.45) is 5.73 Å². The van der Waals surface area contributed by atoms with Gasteiger partial charge in [-0.1, -0.05) is 12.1 Å². The summed E-state index contributed by atoms with van der Waals surface area (Å²) in [6, 6.07) is 5.97. The van der Waals surface area contributed by atoms with Gasteiger partial charge in [0.15, 0.2) is 0 Å². The van der Waals surface area contributed by atoms with E-state index in [0.29, 0.717) is 19.4 Å². The van der Waals surface area contributed by atoms with Gasteiger partial charge in [-0.25, -0.2) is 0 Å². The summed E-state index contributed by atoms with van der Waals surface area (Å²) in [5, 5.41) is 20.3. The summed E-state index contributed by atoms with van der Waals surface area (Å²) in [5.74, 6) is -0.0405. The Bertz CT molecular complexity index is 351. The Balaban J connectivity index is 2.40. The minimum atomic E-state index is -0.613. The molecule has 0 bridgehead atoms. The van der Waals surface area contributed by atoms with Crippen LogP contribution in [0.5, 0.6) is 5.75 Å². The van der Waals surface area contributed by atoms with Crippen molar-refractivity contribution >= 4 is 5.91 Å². The number of aliphatic hydroxyl groups excluding tert-OH is 1. The fourth-order valence-corrected chi connectivity index (χ4v) is 1.40. The number of carbonyl (C=O) groups excluding carboxylic acids is 1. The van der Waals surface area contributed by atoms with E-state index < -0.39 is 6.04 Å². The topological polar surface area (TPSA) is 95.6 Å². The smallest absolute Gasteiger partial charge is 0.237 e. The van der Waals surface area contributed by atoms with E-state index in [0.717, 1.165) is 5.56 Å². The molecule has 0 aromatic heterocycles. The zero-order chi connectivity index (χ0) is 12.7. The Kier molecular flexibility index (Phi) is 5.45.